The van der Waals surface area contributed by atoms with Gasteiger partial charge in [-0.25, -0.2) is 23.9 Å². The van der Waals surface area contributed by atoms with E-state index >= 15 is 0 Å². The Morgan fingerprint density at radius 2 is 1.67 bits per heavy atom. The molecular weight excluding hydrogens is 643 g/mol. The van der Waals surface area contributed by atoms with Gasteiger partial charge in [-0.2, -0.15) is 0 Å². The van der Waals surface area contributed by atoms with Crippen molar-refractivity contribution in [3.05, 3.63) is 102 Å². The number of esters is 1. The molecule has 2 aliphatic rings. The van der Waals surface area contributed by atoms with Gasteiger partial charge in [0.15, 0.2) is 6.10 Å². The molecular formula is C28H23Cl3N4O7S. The summed E-state index contributed by atoms with van der Waals surface area (Å²) in [5.41, 5.74) is 1.70. The molecule has 43 heavy (non-hydrogen) atoms. The number of amides is 2. The minimum atomic E-state index is -1.83. The summed E-state index contributed by atoms with van der Waals surface area (Å²) in [6.45, 7) is -0.828. The second kappa shape index (κ2) is 13.3. The molecule has 2 atom stereocenters. The molecule has 1 unspecified atom stereocenters. The maximum Gasteiger partial charge on any atom is 0.419 e. The summed E-state index contributed by atoms with van der Waals surface area (Å²) in [5, 5.41) is 1.78. The first-order chi connectivity index (χ1) is 20.6. The summed E-state index contributed by atoms with van der Waals surface area (Å²) in [5.74, 6) is -1.20. The number of carbonyl (C=O) groups is 4. The molecule has 1 N–H and O–H groups in total. The molecule has 15 heteroatoms. The summed E-state index contributed by atoms with van der Waals surface area (Å²) in [7, 11) is 0. The number of nitrogens with one attached hydrogen (secondary N) is 1. The van der Waals surface area contributed by atoms with E-state index in [1.165, 1.54) is 35.4 Å². The van der Waals surface area contributed by atoms with Crippen LogP contribution in [0.3, 0.4) is 0 Å². The average molecular weight is 666 g/mol. The first-order valence-electron chi connectivity index (χ1n) is 12.7. The Balaban J connectivity index is 1.41. The Morgan fingerprint density at radius 1 is 1.02 bits per heavy atom. The van der Waals surface area contributed by atoms with Crippen molar-refractivity contribution >= 4 is 70.6 Å². The molecule has 11 nitrogen and oxygen atoms in total. The van der Waals surface area contributed by atoms with E-state index in [1.54, 1.807) is 0 Å². The van der Waals surface area contributed by atoms with E-state index < -0.39 is 52.0 Å². The lowest BCUT2D eigenvalue weighted by Crippen LogP contribution is -2.70. The van der Waals surface area contributed by atoms with Gasteiger partial charge < -0.3 is 19.5 Å². The number of rotatable bonds is 8. The largest absolute Gasteiger partial charge is 0.448 e. The van der Waals surface area contributed by atoms with Crippen molar-refractivity contribution in [1.29, 1.82) is 0 Å². The molecule has 0 bridgehead atoms. The molecule has 1 aromatic heterocycles. The van der Waals surface area contributed by atoms with Crippen molar-refractivity contribution in [2.75, 3.05) is 19.0 Å². The Morgan fingerprint density at radius 3 is 2.26 bits per heavy atom. The molecule has 2 amide bonds. The molecule has 0 aliphatic carbocycles. The second-order valence-corrected chi connectivity index (χ2v) is 12.9. The van der Waals surface area contributed by atoms with Gasteiger partial charge in [-0.3, -0.25) is 9.69 Å². The highest BCUT2D eigenvalue weighted by Gasteiger charge is 2.55. The Kier molecular flexibility index (Phi) is 9.50. The summed E-state index contributed by atoms with van der Waals surface area (Å²) in [6, 6.07) is 17.2. The molecule has 1 fully saturated rings. The topological polar surface area (TPSA) is 129 Å². The third kappa shape index (κ3) is 7.27. The van der Waals surface area contributed by atoms with Crippen LogP contribution in [0.1, 0.15) is 17.2 Å². The van der Waals surface area contributed by atoms with Crippen molar-refractivity contribution in [2.45, 2.75) is 21.3 Å². The second-order valence-electron chi connectivity index (χ2n) is 9.31. The zero-order valence-electron chi connectivity index (χ0n) is 22.1. The normalized spacial score (nSPS) is 18.0. The smallest absolute Gasteiger partial charge is 0.419 e. The number of β-lactam (4-membered cyclic amide) rings is 1. The van der Waals surface area contributed by atoms with Crippen LogP contribution in [-0.4, -0.2) is 72.7 Å². The van der Waals surface area contributed by atoms with Crippen LogP contribution in [0.15, 0.2) is 90.7 Å². The summed E-state index contributed by atoms with van der Waals surface area (Å²) < 4.78 is 15.7. The van der Waals surface area contributed by atoms with Gasteiger partial charge in [0.1, 0.15) is 36.7 Å². The monoisotopic (exact) mass is 664 g/mol. The molecule has 2 aromatic carbocycles. The predicted octanol–water partition coefficient (Wildman–Crippen LogP) is 4.83. The van der Waals surface area contributed by atoms with Crippen molar-refractivity contribution < 1.29 is 33.4 Å². The molecule has 2 aliphatic heterocycles. The number of halogens is 3. The van der Waals surface area contributed by atoms with E-state index in [0.717, 1.165) is 4.57 Å². The fourth-order valence-corrected chi connectivity index (χ4v) is 5.93. The number of imidazole rings is 1. The highest BCUT2D eigenvalue weighted by atomic mass is 35.6. The molecule has 1 saturated heterocycles. The van der Waals surface area contributed by atoms with Gasteiger partial charge in [0.25, 0.3) is 5.91 Å². The van der Waals surface area contributed by atoms with Gasteiger partial charge >= 0.3 is 18.2 Å². The average Bonchev–Trinajstić information content (AvgIpc) is 3.55. The van der Waals surface area contributed by atoms with Gasteiger partial charge in [0, 0.05) is 23.7 Å². The maximum absolute atomic E-state index is 13.9. The number of carbonyl (C=O) groups excluding carboxylic acids is 4. The molecule has 224 valence electrons. The van der Waals surface area contributed by atoms with Crippen LogP contribution < -0.4 is 5.32 Å². The lowest BCUT2D eigenvalue weighted by atomic mass is 10.0. The van der Waals surface area contributed by atoms with Crippen LogP contribution in [0, 0.1) is 0 Å². The molecule has 3 heterocycles. The predicted molar refractivity (Wildman–Crippen MR) is 158 cm³/mol. The molecule has 0 radical (unpaired) electrons. The number of thioether (sulfide) groups is 1. The highest BCUT2D eigenvalue weighted by Crippen LogP contribution is 2.42. The minimum absolute atomic E-state index is 0.0725. The standard InChI is InChI=1S/C28H23Cl3N4O7S/c29-28(30,31)15-41-26(38)33-20-23(36)35-21(19(14-43-24(20)35)13-40-27(39)34-12-11-32-16-34)25(37)42-22(17-7-3-1-4-8-17)18-9-5-2-6-10-18/h1-12,16,20,22,24H,13-15H2,(H,33,38)/t20?,24-/m0/s1. The van der Waals surface area contributed by atoms with Gasteiger partial charge in [0.05, 0.1) is 0 Å². The summed E-state index contributed by atoms with van der Waals surface area (Å²) in [4.78, 5) is 57.1. The highest BCUT2D eigenvalue weighted by molar-refractivity contribution is 8.00. The molecule has 3 aromatic rings. The first kappa shape index (κ1) is 30.7. The third-order valence-corrected chi connectivity index (χ3v) is 8.06. The summed E-state index contributed by atoms with van der Waals surface area (Å²) in [6.07, 6.45) is 1.63. The van der Waals surface area contributed by atoms with Crippen LogP contribution in [0.25, 0.3) is 0 Å². The zero-order valence-corrected chi connectivity index (χ0v) is 25.2. The number of hydrogen-bond donors (Lipinski definition) is 1. The van der Waals surface area contributed by atoms with Crippen molar-refractivity contribution in [3.63, 3.8) is 0 Å². The van der Waals surface area contributed by atoms with E-state index in [9.17, 15) is 19.2 Å². The van der Waals surface area contributed by atoms with Crippen LogP contribution in [0.2, 0.25) is 0 Å². The molecule has 0 saturated carbocycles. The lowest BCUT2D eigenvalue weighted by Gasteiger charge is -2.49. The van der Waals surface area contributed by atoms with E-state index in [1.807, 2.05) is 60.7 Å². The quantitative estimate of drug-likeness (QED) is 0.156. The number of hydrogen-bond acceptors (Lipinski definition) is 9. The Hall–Kier alpha value is -3.71. The van der Waals surface area contributed by atoms with E-state index in [-0.39, 0.29) is 18.1 Å². The number of nitrogens with zero attached hydrogens (tertiary/aromatic N) is 3. The molecule has 5 rings (SSSR count). The first-order valence-corrected chi connectivity index (χ1v) is 14.9. The fourth-order valence-electron chi connectivity index (χ4n) is 4.44. The van der Waals surface area contributed by atoms with Crippen LogP contribution in [0.5, 0.6) is 0 Å². The van der Waals surface area contributed by atoms with Crippen molar-refractivity contribution in [2.24, 2.45) is 0 Å². The number of alkyl halides is 3. The van der Waals surface area contributed by atoms with Gasteiger partial charge in [-0.1, -0.05) is 95.5 Å². The van der Waals surface area contributed by atoms with E-state index in [2.05, 4.69) is 10.3 Å². The number of ether oxygens (including phenoxy) is 3. The Labute approximate surface area is 265 Å². The molecule has 0 spiro atoms. The van der Waals surface area contributed by atoms with E-state index in [0.29, 0.717) is 16.7 Å². The zero-order chi connectivity index (χ0) is 30.6. The summed E-state index contributed by atoms with van der Waals surface area (Å²) >= 11 is 18.2. The number of alkyl carbamates (subject to hydrolysis) is 1. The van der Waals surface area contributed by atoms with Crippen molar-refractivity contribution in [3.8, 4) is 0 Å². The number of aromatic nitrogens is 2. The van der Waals surface area contributed by atoms with Gasteiger partial charge in [-0.15, -0.1) is 11.8 Å². The third-order valence-electron chi connectivity index (χ3n) is 6.40. The lowest BCUT2D eigenvalue weighted by molar-refractivity contribution is -0.153. The fraction of sp³-hybridized carbons (Fsp3) is 0.250. The van der Waals surface area contributed by atoms with E-state index in [4.69, 9.17) is 49.0 Å². The van der Waals surface area contributed by atoms with Gasteiger partial charge in [-0.05, 0) is 11.1 Å². The number of benzene rings is 2. The van der Waals surface area contributed by atoms with Crippen LogP contribution >= 0.6 is 46.6 Å². The Bertz CT molecular complexity index is 1480. The van der Waals surface area contributed by atoms with Gasteiger partial charge in [0.2, 0.25) is 3.79 Å². The van der Waals surface area contributed by atoms with Crippen LogP contribution in [0.4, 0.5) is 9.59 Å². The van der Waals surface area contributed by atoms with Crippen molar-refractivity contribution in [1.82, 2.24) is 19.8 Å². The number of fused-ring (bicyclic) bond motifs is 1. The van der Waals surface area contributed by atoms with Crippen LogP contribution in [-0.2, 0) is 23.8 Å². The maximum atomic E-state index is 13.9. The SMILES string of the molecule is O=C(NC1C(=O)N2C(C(=O)OC(c3ccccc3)c3ccccc3)=C(COC(=O)n3ccnc3)CS[C@@H]12)OCC(Cl)(Cl)Cl. The minimum Gasteiger partial charge on any atom is -0.448 e.